The maximum Gasteiger partial charge on any atom is 0.416 e. The van der Waals surface area contributed by atoms with E-state index in [-0.39, 0.29) is 38.7 Å². The van der Waals surface area contributed by atoms with Crippen molar-refractivity contribution in [2.75, 3.05) is 19.7 Å². The SMILES string of the molecule is NCC(=O)NCc1cn(CC(=O)N2CCOC2=O)nn1. The molecule has 0 aliphatic carbocycles. The Hall–Kier alpha value is -2.49. The maximum atomic E-state index is 11.8. The Balaban J connectivity index is 1.87. The van der Waals surface area contributed by atoms with Gasteiger partial charge in [-0.15, -0.1) is 5.10 Å². The monoisotopic (exact) mass is 282 g/mol. The van der Waals surface area contributed by atoms with Crippen LogP contribution in [0.4, 0.5) is 4.79 Å². The molecule has 2 heterocycles. The molecule has 3 N–H and O–H groups in total. The van der Waals surface area contributed by atoms with Crippen molar-refractivity contribution in [3.8, 4) is 0 Å². The van der Waals surface area contributed by atoms with Crippen LogP contribution in [-0.4, -0.2) is 57.5 Å². The van der Waals surface area contributed by atoms with Gasteiger partial charge in [-0.3, -0.25) is 9.59 Å². The Morgan fingerprint density at radius 1 is 1.50 bits per heavy atom. The van der Waals surface area contributed by atoms with E-state index in [0.717, 1.165) is 4.90 Å². The summed E-state index contributed by atoms with van der Waals surface area (Å²) in [4.78, 5) is 35.0. The lowest BCUT2D eigenvalue weighted by atomic mass is 10.4. The van der Waals surface area contributed by atoms with E-state index in [2.05, 4.69) is 20.4 Å². The number of nitrogens with zero attached hydrogens (tertiary/aromatic N) is 4. The molecule has 1 fully saturated rings. The van der Waals surface area contributed by atoms with Crippen LogP contribution < -0.4 is 11.1 Å². The van der Waals surface area contributed by atoms with Crippen LogP contribution in [0.1, 0.15) is 5.69 Å². The molecule has 0 radical (unpaired) electrons. The van der Waals surface area contributed by atoms with Crippen molar-refractivity contribution in [1.82, 2.24) is 25.2 Å². The highest BCUT2D eigenvalue weighted by Crippen LogP contribution is 2.04. The lowest BCUT2D eigenvalue weighted by Gasteiger charge is -2.09. The van der Waals surface area contributed by atoms with Crippen molar-refractivity contribution in [2.45, 2.75) is 13.1 Å². The molecule has 2 rings (SSSR count). The molecule has 0 spiro atoms. The summed E-state index contributed by atoms with van der Waals surface area (Å²) >= 11 is 0. The first-order valence-electron chi connectivity index (χ1n) is 5.93. The molecule has 20 heavy (non-hydrogen) atoms. The largest absolute Gasteiger partial charge is 0.447 e. The molecule has 1 aliphatic heterocycles. The predicted molar refractivity (Wildman–Crippen MR) is 64.0 cm³/mol. The van der Waals surface area contributed by atoms with Crippen LogP contribution in [0.3, 0.4) is 0 Å². The molecule has 3 amide bonds. The van der Waals surface area contributed by atoms with Crippen molar-refractivity contribution in [1.29, 1.82) is 0 Å². The number of cyclic esters (lactones) is 1. The average Bonchev–Trinajstić information content (AvgIpc) is 3.05. The van der Waals surface area contributed by atoms with E-state index in [4.69, 9.17) is 5.73 Å². The molecule has 1 saturated heterocycles. The Labute approximate surface area is 113 Å². The van der Waals surface area contributed by atoms with Gasteiger partial charge in [-0.25, -0.2) is 14.4 Å². The summed E-state index contributed by atoms with van der Waals surface area (Å²) in [6.45, 7) is 0.399. The zero-order valence-electron chi connectivity index (χ0n) is 10.6. The number of hydrogen-bond donors (Lipinski definition) is 2. The van der Waals surface area contributed by atoms with Crippen molar-refractivity contribution >= 4 is 17.9 Å². The molecule has 0 aromatic carbocycles. The van der Waals surface area contributed by atoms with Crippen LogP contribution in [0.25, 0.3) is 0 Å². The lowest BCUT2D eigenvalue weighted by molar-refractivity contribution is -0.128. The van der Waals surface area contributed by atoms with Crippen molar-refractivity contribution < 1.29 is 19.1 Å². The Bertz CT molecular complexity index is 528. The molecule has 10 heteroatoms. The molecular formula is C10H14N6O4. The van der Waals surface area contributed by atoms with Gasteiger partial charge in [0.15, 0.2) is 0 Å². The van der Waals surface area contributed by atoms with Gasteiger partial charge in [-0.05, 0) is 0 Å². The van der Waals surface area contributed by atoms with E-state index < -0.39 is 12.0 Å². The van der Waals surface area contributed by atoms with Crippen LogP contribution in [0.15, 0.2) is 6.20 Å². The predicted octanol–water partition coefficient (Wildman–Crippen LogP) is -2.17. The first-order chi connectivity index (χ1) is 9.60. The van der Waals surface area contributed by atoms with Crippen molar-refractivity contribution in [3.05, 3.63) is 11.9 Å². The van der Waals surface area contributed by atoms with Gasteiger partial charge >= 0.3 is 6.09 Å². The van der Waals surface area contributed by atoms with Crippen LogP contribution in [0, 0.1) is 0 Å². The molecule has 0 unspecified atom stereocenters. The normalized spacial score (nSPS) is 14.2. The van der Waals surface area contributed by atoms with E-state index in [1.165, 1.54) is 10.9 Å². The molecule has 1 aromatic heterocycles. The standard InChI is InChI=1S/C10H14N6O4/c11-3-8(17)12-4-7-5-15(14-13-7)6-9(18)16-1-2-20-10(16)19/h5H,1-4,6,11H2,(H,12,17). The molecule has 1 aliphatic rings. The first-order valence-corrected chi connectivity index (χ1v) is 5.93. The zero-order chi connectivity index (χ0) is 14.5. The van der Waals surface area contributed by atoms with Gasteiger partial charge in [0.05, 0.1) is 25.8 Å². The highest BCUT2D eigenvalue weighted by Gasteiger charge is 2.28. The fourth-order valence-corrected chi connectivity index (χ4v) is 1.60. The summed E-state index contributed by atoms with van der Waals surface area (Å²) < 4.78 is 5.96. The topological polar surface area (TPSA) is 132 Å². The van der Waals surface area contributed by atoms with Crippen molar-refractivity contribution in [3.63, 3.8) is 0 Å². The van der Waals surface area contributed by atoms with Crippen molar-refractivity contribution in [2.24, 2.45) is 5.73 Å². The molecule has 0 saturated carbocycles. The van der Waals surface area contributed by atoms with E-state index in [1.807, 2.05) is 0 Å². The summed E-state index contributed by atoms with van der Waals surface area (Å²) in [6.07, 6.45) is 0.862. The van der Waals surface area contributed by atoms with Crippen LogP contribution in [0.5, 0.6) is 0 Å². The van der Waals surface area contributed by atoms with Crippen LogP contribution in [0.2, 0.25) is 0 Å². The maximum absolute atomic E-state index is 11.8. The average molecular weight is 282 g/mol. The number of ether oxygens (including phenoxy) is 1. The highest BCUT2D eigenvalue weighted by molar-refractivity contribution is 5.92. The smallest absolute Gasteiger partial charge is 0.416 e. The van der Waals surface area contributed by atoms with E-state index in [9.17, 15) is 14.4 Å². The Morgan fingerprint density at radius 2 is 2.30 bits per heavy atom. The highest BCUT2D eigenvalue weighted by atomic mass is 16.6. The fourth-order valence-electron chi connectivity index (χ4n) is 1.60. The third-order valence-electron chi connectivity index (χ3n) is 2.60. The van der Waals surface area contributed by atoms with Gasteiger partial charge < -0.3 is 15.8 Å². The molecule has 108 valence electrons. The van der Waals surface area contributed by atoms with Gasteiger partial charge in [-0.1, -0.05) is 5.21 Å². The number of nitrogens with one attached hydrogen (secondary N) is 1. The number of carbonyl (C=O) groups is 3. The molecule has 1 aromatic rings. The number of imide groups is 1. The summed E-state index contributed by atoms with van der Waals surface area (Å²) in [5.74, 6) is -0.731. The summed E-state index contributed by atoms with van der Waals surface area (Å²) in [7, 11) is 0. The molecular weight excluding hydrogens is 268 g/mol. The molecule has 0 bridgehead atoms. The quantitative estimate of drug-likeness (QED) is 0.628. The molecule has 0 atom stereocenters. The molecule has 10 nitrogen and oxygen atoms in total. The number of hydrogen-bond acceptors (Lipinski definition) is 7. The number of rotatable bonds is 5. The minimum Gasteiger partial charge on any atom is -0.447 e. The first kappa shape index (κ1) is 13.9. The number of amides is 3. The number of aromatic nitrogens is 3. The second-order valence-electron chi connectivity index (χ2n) is 4.05. The summed E-state index contributed by atoms with van der Waals surface area (Å²) in [6, 6.07) is 0. The Morgan fingerprint density at radius 3 is 2.95 bits per heavy atom. The van der Waals surface area contributed by atoms with Gasteiger partial charge in [0.1, 0.15) is 18.8 Å². The number of nitrogens with two attached hydrogens (primary N) is 1. The minimum atomic E-state index is -0.648. The van der Waals surface area contributed by atoms with Crippen LogP contribution >= 0.6 is 0 Å². The summed E-state index contributed by atoms with van der Waals surface area (Å²) in [5, 5.41) is 10.1. The third-order valence-corrected chi connectivity index (χ3v) is 2.60. The zero-order valence-corrected chi connectivity index (χ0v) is 10.6. The fraction of sp³-hybridized carbons (Fsp3) is 0.500. The van der Waals surface area contributed by atoms with Crippen LogP contribution in [-0.2, 0) is 27.4 Å². The van der Waals surface area contributed by atoms with E-state index >= 15 is 0 Å². The van der Waals surface area contributed by atoms with Gasteiger partial charge in [0.25, 0.3) is 5.91 Å². The van der Waals surface area contributed by atoms with E-state index in [1.54, 1.807) is 0 Å². The Kier molecular flexibility index (Phi) is 4.25. The minimum absolute atomic E-state index is 0.107. The van der Waals surface area contributed by atoms with Gasteiger partial charge in [-0.2, -0.15) is 0 Å². The lowest BCUT2D eigenvalue weighted by Crippen LogP contribution is -2.34. The van der Waals surface area contributed by atoms with Gasteiger partial charge in [0.2, 0.25) is 5.91 Å². The van der Waals surface area contributed by atoms with E-state index in [0.29, 0.717) is 5.69 Å². The second kappa shape index (κ2) is 6.10. The number of carbonyl (C=O) groups excluding carboxylic acids is 3. The summed E-state index contributed by atoms with van der Waals surface area (Å²) in [5.41, 5.74) is 5.63. The second-order valence-corrected chi connectivity index (χ2v) is 4.05. The van der Waals surface area contributed by atoms with Gasteiger partial charge in [0, 0.05) is 0 Å². The third kappa shape index (κ3) is 3.29.